The summed E-state index contributed by atoms with van der Waals surface area (Å²) in [6.07, 6.45) is 3.89. The number of hydrogen-bond donors (Lipinski definition) is 3. The summed E-state index contributed by atoms with van der Waals surface area (Å²) in [5.74, 6) is 0.505. The van der Waals surface area contributed by atoms with E-state index in [2.05, 4.69) is 6.08 Å². The first-order valence-electron chi connectivity index (χ1n) is 6.29. The van der Waals surface area contributed by atoms with Crippen LogP contribution in [-0.2, 0) is 6.61 Å². The zero-order valence-electron chi connectivity index (χ0n) is 11.1. The first kappa shape index (κ1) is 14.7. The van der Waals surface area contributed by atoms with Crippen molar-refractivity contribution in [3.8, 4) is 5.75 Å². The molecule has 1 aromatic rings. The van der Waals surface area contributed by atoms with Crippen LogP contribution in [0.3, 0.4) is 0 Å². The summed E-state index contributed by atoms with van der Waals surface area (Å²) >= 11 is 0. The van der Waals surface area contributed by atoms with E-state index >= 15 is 0 Å². The van der Waals surface area contributed by atoms with Crippen molar-refractivity contribution < 1.29 is 15.3 Å². The van der Waals surface area contributed by atoms with Crippen LogP contribution in [0.1, 0.15) is 37.8 Å². The Morgan fingerprint density at radius 1 is 1.33 bits per heavy atom. The van der Waals surface area contributed by atoms with Gasteiger partial charge in [0.1, 0.15) is 5.75 Å². The third kappa shape index (κ3) is 4.17. The quantitative estimate of drug-likeness (QED) is 0.727. The van der Waals surface area contributed by atoms with Crippen LogP contribution in [-0.4, -0.2) is 21.9 Å². The topological polar surface area (TPSA) is 60.7 Å². The number of hydrogen-bond acceptors (Lipinski definition) is 3. The van der Waals surface area contributed by atoms with Crippen LogP contribution in [0.5, 0.6) is 5.75 Å². The molecule has 0 bridgehead atoms. The van der Waals surface area contributed by atoms with Gasteiger partial charge in [0.15, 0.2) is 0 Å². The molecule has 100 valence electrons. The maximum absolute atomic E-state index is 9.86. The molecule has 3 nitrogen and oxygen atoms in total. The first-order valence-corrected chi connectivity index (χ1v) is 6.29. The largest absolute Gasteiger partial charge is 0.507 e. The van der Waals surface area contributed by atoms with Crippen molar-refractivity contribution in [2.75, 3.05) is 6.61 Å². The molecule has 0 spiro atoms. The zero-order chi connectivity index (χ0) is 13.5. The second-order valence-corrected chi connectivity index (χ2v) is 4.76. The van der Waals surface area contributed by atoms with Gasteiger partial charge < -0.3 is 15.3 Å². The van der Waals surface area contributed by atoms with Gasteiger partial charge in [-0.3, -0.25) is 0 Å². The molecule has 1 atom stereocenters. The molecule has 0 saturated carbocycles. The fourth-order valence-corrected chi connectivity index (χ4v) is 1.79. The molecule has 0 aliphatic heterocycles. The number of aromatic hydroxyl groups is 1. The minimum Gasteiger partial charge on any atom is -0.507 e. The Labute approximate surface area is 108 Å². The van der Waals surface area contributed by atoms with Crippen LogP contribution >= 0.6 is 0 Å². The predicted molar refractivity (Wildman–Crippen MR) is 73.2 cm³/mol. The fraction of sp³-hybridized carbons (Fsp3) is 0.467. The number of benzene rings is 1. The highest BCUT2D eigenvalue weighted by atomic mass is 16.3. The lowest BCUT2D eigenvalue weighted by molar-refractivity contribution is 0.231. The molecule has 0 aliphatic rings. The van der Waals surface area contributed by atoms with Gasteiger partial charge >= 0.3 is 0 Å². The van der Waals surface area contributed by atoms with Crippen molar-refractivity contribution in [2.45, 2.75) is 33.3 Å². The van der Waals surface area contributed by atoms with Crippen LogP contribution in [0.15, 0.2) is 24.3 Å². The monoisotopic (exact) mass is 250 g/mol. The molecule has 0 unspecified atom stereocenters. The average Bonchev–Trinajstić information content (AvgIpc) is 2.37. The Morgan fingerprint density at radius 3 is 2.61 bits per heavy atom. The third-order valence-corrected chi connectivity index (χ3v) is 3.09. The average molecular weight is 250 g/mol. The second-order valence-electron chi connectivity index (χ2n) is 4.76. The Morgan fingerprint density at radius 2 is 2.06 bits per heavy atom. The first-order chi connectivity index (χ1) is 8.58. The molecule has 0 saturated heterocycles. The van der Waals surface area contributed by atoms with E-state index in [0.29, 0.717) is 11.5 Å². The Hall–Kier alpha value is -1.32. The summed E-state index contributed by atoms with van der Waals surface area (Å²) in [5, 5.41) is 27.8. The fourth-order valence-electron chi connectivity index (χ4n) is 1.79. The molecule has 1 aromatic carbocycles. The van der Waals surface area contributed by atoms with Gasteiger partial charge in [-0.05, 0) is 42.9 Å². The van der Waals surface area contributed by atoms with Crippen LogP contribution in [0.4, 0.5) is 0 Å². The Bertz CT molecular complexity index is 410. The van der Waals surface area contributed by atoms with E-state index in [4.69, 9.17) is 10.2 Å². The van der Waals surface area contributed by atoms with E-state index in [0.717, 1.165) is 24.0 Å². The normalized spacial score (nSPS) is 13.7. The molecule has 0 aliphatic carbocycles. The summed E-state index contributed by atoms with van der Waals surface area (Å²) in [6.45, 7) is 4.11. The van der Waals surface area contributed by atoms with Gasteiger partial charge in [-0.25, -0.2) is 0 Å². The van der Waals surface area contributed by atoms with Gasteiger partial charge in [0.2, 0.25) is 0 Å². The van der Waals surface area contributed by atoms with Crippen molar-refractivity contribution in [1.82, 2.24) is 0 Å². The predicted octanol–water partition coefficient (Wildman–Crippen LogP) is 2.70. The molecule has 3 heteroatoms. The number of phenolic OH excluding ortho intramolecular Hbond substituents is 1. The van der Waals surface area contributed by atoms with E-state index in [9.17, 15) is 5.11 Å². The third-order valence-electron chi connectivity index (χ3n) is 3.09. The molecule has 0 aromatic heterocycles. The number of rotatable bonds is 6. The SMILES string of the molecule is C/C(=C/CC[C@H](C)CO)c1ccc(CO)cc1O. The molecule has 3 N–H and O–H groups in total. The van der Waals surface area contributed by atoms with Crippen LogP contribution in [0, 0.1) is 5.92 Å². The molecular formula is C15H22O3. The molecule has 18 heavy (non-hydrogen) atoms. The highest BCUT2D eigenvalue weighted by molar-refractivity contribution is 5.69. The van der Waals surface area contributed by atoms with Gasteiger partial charge in [0, 0.05) is 12.2 Å². The molecule has 1 rings (SSSR count). The smallest absolute Gasteiger partial charge is 0.123 e. The van der Waals surface area contributed by atoms with Crippen molar-refractivity contribution in [3.63, 3.8) is 0 Å². The summed E-state index contributed by atoms with van der Waals surface area (Å²) in [4.78, 5) is 0. The van der Waals surface area contributed by atoms with E-state index < -0.39 is 0 Å². The molecule has 0 radical (unpaired) electrons. The molecule has 0 fully saturated rings. The molecule has 0 amide bonds. The maximum atomic E-state index is 9.86. The standard InChI is InChI=1S/C15H22O3/c1-11(9-16)4-3-5-12(2)14-7-6-13(10-17)8-15(14)18/h5-8,11,16-18H,3-4,9-10H2,1-2H3/b12-5-/t11-/m0/s1. The van der Waals surface area contributed by atoms with Crippen molar-refractivity contribution in [2.24, 2.45) is 5.92 Å². The van der Waals surface area contributed by atoms with Crippen LogP contribution in [0.25, 0.3) is 5.57 Å². The Kier molecular flexibility index (Phi) is 5.89. The lowest BCUT2D eigenvalue weighted by Gasteiger charge is -2.08. The van der Waals surface area contributed by atoms with Crippen molar-refractivity contribution in [3.05, 3.63) is 35.4 Å². The van der Waals surface area contributed by atoms with Crippen LogP contribution < -0.4 is 0 Å². The highest BCUT2D eigenvalue weighted by Gasteiger charge is 2.04. The second kappa shape index (κ2) is 7.19. The number of aliphatic hydroxyl groups is 2. The van der Waals surface area contributed by atoms with Gasteiger partial charge in [-0.1, -0.05) is 25.1 Å². The summed E-state index contributed by atoms with van der Waals surface area (Å²) < 4.78 is 0. The van der Waals surface area contributed by atoms with Gasteiger partial charge in [-0.15, -0.1) is 0 Å². The van der Waals surface area contributed by atoms with Gasteiger partial charge in [-0.2, -0.15) is 0 Å². The maximum Gasteiger partial charge on any atom is 0.123 e. The summed E-state index contributed by atoms with van der Waals surface area (Å²) in [6, 6.07) is 5.22. The van der Waals surface area contributed by atoms with E-state index in [1.807, 2.05) is 26.0 Å². The molecular weight excluding hydrogens is 228 g/mol. The molecule has 0 heterocycles. The minimum absolute atomic E-state index is 0.0649. The van der Waals surface area contributed by atoms with Gasteiger partial charge in [0.05, 0.1) is 6.61 Å². The van der Waals surface area contributed by atoms with E-state index in [1.54, 1.807) is 6.07 Å². The zero-order valence-corrected chi connectivity index (χ0v) is 11.1. The summed E-state index contributed by atoms with van der Waals surface area (Å²) in [7, 11) is 0. The van der Waals surface area contributed by atoms with E-state index in [1.165, 1.54) is 0 Å². The van der Waals surface area contributed by atoms with Crippen molar-refractivity contribution >= 4 is 5.57 Å². The van der Waals surface area contributed by atoms with Crippen LogP contribution in [0.2, 0.25) is 0 Å². The number of aliphatic hydroxyl groups excluding tert-OH is 2. The minimum atomic E-state index is -0.0649. The van der Waals surface area contributed by atoms with Crippen molar-refractivity contribution in [1.29, 1.82) is 0 Å². The summed E-state index contributed by atoms with van der Waals surface area (Å²) in [5.41, 5.74) is 2.52. The Balaban J connectivity index is 2.71. The van der Waals surface area contributed by atoms with Gasteiger partial charge in [0.25, 0.3) is 0 Å². The number of phenols is 1. The number of allylic oxidation sites excluding steroid dienone is 2. The highest BCUT2D eigenvalue weighted by Crippen LogP contribution is 2.26. The van der Waals surface area contributed by atoms with E-state index in [-0.39, 0.29) is 19.0 Å². The lowest BCUT2D eigenvalue weighted by atomic mass is 10.0. The lowest BCUT2D eigenvalue weighted by Crippen LogP contribution is -1.99.